The lowest BCUT2D eigenvalue weighted by atomic mass is 9.66. The Bertz CT molecular complexity index is 327. The van der Waals surface area contributed by atoms with E-state index in [1.54, 1.807) is 0 Å². The molecule has 0 atom stereocenters. The standard InChI is InChI=1S/C14H19ClO/c1-2-16-11-14(8-3-9-14)10-12-4-6-13(15)7-5-12/h4-7H,2-3,8-11H2,1H3. The predicted molar refractivity (Wildman–Crippen MR) is 67.9 cm³/mol. The molecular weight excluding hydrogens is 220 g/mol. The van der Waals surface area contributed by atoms with Gasteiger partial charge in [0.1, 0.15) is 0 Å². The predicted octanol–water partition coefficient (Wildman–Crippen LogP) is 4.09. The van der Waals surface area contributed by atoms with Crippen LogP contribution < -0.4 is 0 Å². The number of ether oxygens (including phenoxy) is 1. The second kappa shape index (κ2) is 5.20. The van der Waals surface area contributed by atoms with E-state index < -0.39 is 0 Å². The molecule has 0 heterocycles. The SMILES string of the molecule is CCOCC1(Cc2ccc(Cl)cc2)CCC1. The van der Waals surface area contributed by atoms with Crippen LogP contribution >= 0.6 is 11.6 Å². The van der Waals surface area contributed by atoms with E-state index in [1.807, 2.05) is 12.1 Å². The maximum absolute atomic E-state index is 5.89. The third kappa shape index (κ3) is 2.78. The summed E-state index contributed by atoms with van der Waals surface area (Å²) in [4.78, 5) is 0. The topological polar surface area (TPSA) is 9.23 Å². The molecule has 1 aliphatic carbocycles. The highest BCUT2D eigenvalue weighted by atomic mass is 35.5. The Hall–Kier alpha value is -0.530. The Labute approximate surface area is 103 Å². The Morgan fingerprint density at radius 1 is 1.25 bits per heavy atom. The first-order valence-electron chi connectivity index (χ1n) is 6.06. The van der Waals surface area contributed by atoms with Gasteiger partial charge in [-0.15, -0.1) is 0 Å². The third-order valence-electron chi connectivity index (χ3n) is 3.52. The third-order valence-corrected chi connectivity index (χ3v) is 3.77. The Morgan fingerprint density at radius 2 is 1.94 bits per heavy atom. The summed E-state index contributed by atoms with van der Waals surface area (Å²) in [5.74, 6) is 0. The van der Waals surface area contributed by atoms with Crippen molar-refractivity contribution in [1.82, 2.24) is 0 Å². The number of halogens is 1. The van der Waals surface area contributed by atoms with Gasteiger partial charge in [0, 0.05) is 11.6 Å². The summed E-state index contributed by atoms with van der Waals surface area (Å²) in [7, 11) is 0. The maximum Gasteiger partial charge on any atom is 0.0525 e. The molecule has 1 saturated carbocycles. The zero-order valence-corrected chi connectivity index (χ0v) is 10.6. The highest BCUT2D eigenvalue weighted by Crippen LogP contribution is 2.44. The van der Waals surface area contributed by atoms with Gasteiger partial charge in [0.25, 0.3) is 0 Å². The maximum atomic E-state index is 5.89. The smallest absolute Gasteiger partial charge is 0.0525 e. The lowest BCUT2D eigenvalue weighted by molar-refractivity contribution is -0.00123. The summed E-state index contributed by atoms with van der Waals surface area (Å²) < 4.78 is 5.61. The summed E-state index contributed by atoms with van der Waals surface area (Å²) in [6.45, 7) is 3.79. The average molecular weight is 239 g/mol. The van der Waals surface area contributed by atoms with Crippen molar-refractivity contribution < 1.29 is 4.74 Å². The monoisotopic (exact) mass is 238 g/mol. The number of hydrogen-bond donors (Lipinski definition) is 0. The van der Waals surface area contributed by atoms with Crippen molar-refractivity contribution in [2.45, 2.75) is 32.6 Å². The molecule has 1 fully saturated rings. The molecule has 0 radical (unpaired) electrons. The largest absolute Gasteiger partial charge is 0.381 e. The van der Waals surface area contributed by atoms with Gasteiger partial charge >= 0.3 is 0 Å². The minimum absolute atomic E-state index is 0.407. The van der Waals surface area contributed by atoms with E-state index in [1.165, 1.54) is 24.8 Å². The Balaban J connectivity index is 1.98. The molecule has 0 unspecified atom stereocenters. The lowest BCUT2D eigenvalue weighted by Crippen LogP contribution is -2.36. The molecule has 0 aliphatic heterocycles. The van der Waals surface area contributed by atoms with Crippen LogP contribution in [0.1, 0.15) is 31.7 Å². The second-order valence-corrected chi connectivity index (χ2v) is 5.23. The van der Waals surface area contributed by atoms with Gasteiger partial charge in [-0.1, -0.05) is 30.2 Å². The normalized spacial score (nSPS) is 18.1. The van der Waals surface area contributed by atoms with Crippen molar-refractivity contribution in [3.63, 3.8) is 0 Å². The van der Waals surface area contributed by atoms with Crippen LogP contribution in [0.5, 0.6) is 0 Å². The van der Waals surface area contributed by atoms with E-state index in [0.29, 0.717) is 5.41 Å². The summed E-state index contributed by atoms with van der Waals surface area (Å²) in [6, 6.07) is 8.22. The van der Waals surface area contributed by atoms with Crippen LogP contribution in [-0.4, -0.2) is 13.2 Å². The van der Waals surface area contributed by atoms with Crippen molar-refractivity contribution in [2.75, 3.05) is 13.2 Å². The fourth-order valence-corrected chi connectivity index (χ4v) is 2.53. The molecule has 1 aliphatic rings. The van der Waals surface area contributed by atoms with Crippen molar-refractivity contribution in [2.24, 2.45) is 5.41 Å². The van der Waals surface area contributed by atoms with Gasteiger partial charge in [0.2, 0.25) is 0 Å². The molecule has 0 aromatic heterocycles. The van der Waals surface area contributed by atoms with Crippen molar-refractivity contribution >= 4 is 11.6 Å². The molecule has 1 aromatic carbocycles. The van der Waals surface area contributed by atoms with Gasteiger partial charge < -0.3 is 4.74 Å². The van der Waals surface area contributed by atoms with Crippen LogP contribution in [0, 0.1) is 5.41 Å². The lowest BCUT2D eigenvalue weighted by Gasteiger charge is -2.41. The van der Waals surface area contributed by atoms with E-state index in [4.69, 9.17) is 16.3 Å². The van der Waals surface area contributed by atoms with Crippen molar-refractivity contribution in [3.05, 3.63) is 34.9 Å². The average Bonchev–Trinajstić information content (AvgIpc) is 2.25. The van der Waals surface area contributed by atoms with Crippen LogP contribution in [0.2, 0.25) is 5.02 Å². The van der Waals surface area contributed by atoms with Gasteiger partial charge in [-0.05, 0) is 49.3 Å². The summed E-state index contributed by atoms with van der Waals surface area (Å²) in [5, 5.41) is 0.816. The highest BCUT2D eigenvalue weighted by Gasteiger charge is 2.37. The van der Waals surface area contributed by atoms with Crippen LogP contribution in [-0.2, 0) is 11.2 Å². The second-order valence-electron chi connectivity index (χ2n) is 4.79. The van der Waals surface area contributed by atoms with Gasteiger partial charge in [-0.25, -0.2) is 0 Å². The highest BCUT2D eigenvalue weighted by molar-refractivity contribution is 6.30. The van der Waals surface area contributed by atoms with Gasteiger partial charge in [-0.2, -0.15) is 0 Å². The first-order valence-corrected chi connectivity index (χ1v) is 6.44. The Kier molecular flexibility index (Phi) is 3.88. The Morgan fingerprint density at radius 3 is 2.44 bits per heavy atom. The van der Waals surface area contributed by atoms with Crippen molar-refractivity contribution in [1.29, 1.82) is 0 Å². The number of hydrogen-bond acceptors (Lipinski definition) is 1. The van der Waals surface area contributed by atoms with Gasteiger partial charge in [0.05, 0.1) is 6.61 Å². The van der Waals surface area contributed by atoms with E-state index in [2.05, 4.69) is 19.1 Å². The zero-order valence-electron chi connectivity index (χ0n) is 9.84. The molecule has 16 heavy (non-hydrogen) atoms. The van der Waals surface area contributed by atoms with Crippen molar-refractivity contribution in [3.8, 4) is 0 Å². The zero-order chi connectivity index (χ0) is 11.4. The van der Waals surface area contributed by atoms with E-state index in [0.717, 1.165) is 24.7 Å². The first-order chi connectivity index (χ1) is 7.74. The van der Waals surface area contributed by atoms with E-state index >= 15 is 0 Å². The van der Waals surface area contributed by atoms with Crippen LogP contribution in [0.25, 0.3) is 0 Å². The molecular formula is C14H19ClO. The number of benzene rings is 1. The minimum atomic E-state index is 0.407. The molecule has 2 rings (SSSR count). The number of rotatable bonds is 5. The molecule has 1 aromatic rings. The van der Waals surface area contributed by atoms with E-state index in [9.17, 15) is 0 Å². The molecule has 2 heteroatoms. The van der Waals surface area contributed by atoms with E-state index in [-0.39, 0.29) is 0 Å². The summed E-state index contributed by atoms with van der Waals surface area (Å²) >= 11 is 5.89. The van der Waals surface area contributed by atoms with Gasteiger partial charge in [-0.3, -0.25) is 0 Å². The summed E-state index contributed by atoms with van der Waals surface area (Å²) in [6.07, 6.45) is 5.08. The quantitative estimate of drug-likeness (QED) is 0.751. The minimum Gasteiger partial charge on any atom is -0.381 e. The van der Waals surface area contributed by atoms with Crippen LogP contribution in [0.3, 0.4) is 0 Å². The summed E-state index contributed by atoms with van der Waals surface area (Å²) in [5.41, 5.74) is 1.79. The molecule has 88 valence electrons. The molecule has 0 saturated heterocycles. The fourth-order valence-electron chi connectivity index (χ4n) is 2.40. The fraction of sp³-hybridized carbons (Fsp3) is 0.571. The molecule has 0 spiro atoms. The molecule has 1 nitrogen and oxygen atoms in total. The molecule has 0 amide bonds. The van der Waals surface area contributed by atoms with Crippen LogP contribution in [0.4, 0.5) is 0 Å². The molecule has 0 N–H and O–H groups in total. The van der Waals surface area contributed by atoms with Crippen LogP contribution in [0.15, 0.2) is 24.3 Å². The van der Waals surface area contributed by atoms with Gasteiger partial charge in [0.15, 0.2) is 0 Å². The molecule has 0 bridgehead atoms. The first kappa shape index (κ1) is 11.9.